The molecule has 37 heteroatoms. The van der Waals surface area contributed by atoms with Crippen LogP contribution in [0, 0.1) is 11.8 Å². The zero-order valence-corrected chi connectivity index (χ0v) is 57.7. The van der Waals surface area contributed by atoms with Gasteiger partial charge in [-0.25, -0.2) is 9.97 Å². The lowest BCUT2D eigenvalue weighted by Gasteiger charge is -2.31. The predicted molar refractivity (Wildman–Crippen MR) is 364 cm³/mol. The van der Waals surface area contributed by atoms with Crippen molar-refractivity contribution in [3.8, 4) is 0 Å². The molecule has 12 amide bonds. The average Bonchev–Trinajstić information content (AvgIpc) is 1.77. The number of aliphatic hydroxyl groups excluding tert-OH is 2. The van der Waals surface area contributed by atoms with Gasteiger partial charge in [-0.1, -0.05) is 45.9 Å². The van der Waals surface area contributed by atoms with Crippen LogP contribution in [-0.2, 0) is 81.6 Å². The molecule has 101 heavy (non-hydrogen) atoms. The summed E-state index contributed by atoms with van der Waals surface area (Å²) in [5.41, 5.74) is 24.7. The number of aliphatic imine (C=N–C) groups is 1. The number of hydrogen-bond donors (Lipinski definition) is 20. The smallest absolute Gasteiger partial charge is 0.305 e. The number of amides is 12. The summed E-state index contributed by atoms with van der Waals surface area (Å²) in [7, 11) is 0. The molecule has 1 aliphatic rings. The number of nitrogens with one attached hydrogen (secondary N) is 13. The lowest BCUT2D eigenvalue weighted by atomic mass is 10.0. The molecule has 37 nitrogen and oxygen atoms in total. The fraction of sp³-hybridized carbons (Fsp3) is 0.562. The van der Waals surface area contributed by atoms with Crippen molar-refractivity contribution in [1.82, 2.24) is 83.0 Å². The van der Waals surface area contributed by atoms with Gasteiger partial charge < -0.3 is 111 Å². The minimum absolute atomic E-state index is 0.00870. The number of guanidine groups is 1. The van der Waals surface area contributed by atoms with Crippen molar-refractivity contribution in [2.45, 2.75) is 204 Å². The minimum atomic E-state index is -1.92. The van der Waals surface area contributed by atoms with Crippen LogP contribution in [0.25, 0.3) is 10.9 Å². The highest BCUT2D eigenvalue weighted by molar-refractivity contribution is 6.00. The Balaban J connectivity index is 1.33. The number of hydrogen-bond acceptors (Lipinski definition) is 19. The van der Waals surface area contributed by atoms with E-state index in [-0.39, 0.29) is 75.8 Å². The summed E-state index contributed by atoms with van der Waals surface area (Å²) >= 11 is 0. The van der Waals surface area contributed by atoms with Gasteiger partial charge >= 0.3 is 5.97 Å². The number of benzene rings is 1. The molecule has 5 rings (SSSR count). The number of aromatic nitrogens is 5. The van der Waals surface area contributed by atoms with Gasteiger partial charge in [0.1, 0.15) is 66.5 Å². The Morgan fingerprint density at radius 2 is 1.07 bits per heavy atom. The third-order valence-electron chi connectivity index (χ3n) is 16.4. The van der Waals surface area contributed by atoms with Crippen molar-refractivity contribution in [2.75, 3.05) is 13.1 Å². The number of para-hydroxylation sites is 1. The number of carboxylic acids is 1. The van der Waals surface area contributed by atoms with Crippen LogP contribution in [0.3, 0.4) is 0 Å². The molecular formula is C64H97N21O16. The highest BCUT2D eigenvalue weighted by Crippen LogP contribution is 2.23. The predicted octanol–water partition coefficient (Wildman–Crippen LogP) is -5.28. The Morgan fingerprint density at radius 3 is 1.60 bits per heavy atom. The number of likely N-dealkylation sites (tertiary alicyclic amines) is 1. The number of nitrogens with two attached hydrogens (primary N) is 4. The molecule has 3 aromatic heterocycles. The van der Waals surface area contributed by atoms with Gasteiger partial charge in [-0.15, -0.1) is 0 Å². The van der Waals surface area contributed by atoms with Gasteiger partial charge in [-0.05, 0) is 89.7 Å². The van der Waals surface area contributed by atoms with Crippen LogP contribution in [-0.4, -0.2) is 226 Å². The van der Waals surface area contributed by atoms with E-state index in [1.807, 2.05) is 13.8 Å². The summed E-state index contributed by atoms with van der Waals surface area (Å²) < 4.78 is 0. The van der Waals surface area contributed by atoms with Crippen LogP contribution < -0.4 is 76.1 Å². The third kappa shape index (κ3) is 25.3. The second-order valence-corrected chi connectivity index (χ2v) is 25.9. The Hall–Kier alpha value is -10.6. The highest BCUT2D eigenvalue weighted by atomic mass is 16.4. The molecule has 4 aromatic rings. The van der Waals surface area contributed by atoms with Crippen molar-refractivity contribution in [3.05, 3.63) is 72.5 Å². The number of primary amides is 1. The van der Waals surface area contributed by atoms with Gasteiger partial charge in [0.15, 0.2) is 5.96 Å². The Morgan fingerprint density at radius 1 is 0.574 bits per heavy atom. The molecule has 4 heterocycles. The van der Waals surface area contributed by atoms with Gasteiger partial charge in [-0.3, -0.25) is 67.3 Å². The molecule has 24 N–H and O–H groups in total. The average molecular weight is 1420 g/mol. The summed E-state index contributed by atoms with van der Waals surface area (Å²) in [4.78, 5) is 201. The molecule has 0 saturated carbocycles. The largest absolute Gasteiger partial charge is 0.481 e. The molecule has 0 unspecified atom stereocenters. The molecule has 0 bridgehead atoms. The Bertz CT molecular complexity index is 3540. The lowest BCUT2D eigenvalue weighted by molar-refractivity contribution is -0.142. The van der Waals surface area contributed by atoms with E-state index in [1.165, 1.54) is 50.7 Å². The number of carboxylic acid groups (broad SMARTS) is 1. The van der Waals surface area contributed by atoms with Crippen molar-refractivity contribution in [2.24, 2.45) is 39.8 Å². The van der Waals surface area contributed by atoms with Gasteiger partial charge in [-0.2, -0.15) is 0 Å². The van der Waals surface area contributed by atoms with Crippen molar-refractivity contribution >= 4 is 93.7 Å². The van der Waals surface area contributed by atoms with Crippen LogP contribution in [0.1, 0.15) is 117 Å². The number of aliphatic hydroxyl groups is 2. The van der Waals surface area contributed by atoms with E-state index < -0.39 is 168 Å². The van der Waals surface area contributed by atoms with Crippen LogP contribution in [0.2, 0.25) is 0 Å². The first-order valence-electron chi connectivity index (χ1n) is 33.2. The maximum absolute atomic E-state index is 14.9. The number of rotatable bonds is 40. The minimum Gasteiger partial charge on any atom is -0.481 e. The van der Waals surface area contributed by atoms with Crippen molar-refractivity contribution < 1.29 is 77.6 Å². The van der Waals surface area contributed by atoms with E-state index in [4.69, 9.17) is 22.9 Å². The molecule has 1 saturated heterocycles. The number of nitrogens with zero attached hydrogens (tertiary/aromatic N) is 4. The standard InChI is InChI=1S/C64H97N21O16/c1-30(2)19-40(65)55(93)80-43(20-31(3)4)56(94)75-32(5)53(91)79-47(24-49(88)89)60(98)84-51(35(8)87)62(100)76-33(6)54(92)78-45(22-37-26-69-28-73-37)58(96)81-46(23-38-27-70-29-74-38)57(95)77-42(15-11-17-71-64(67)68)63(101)85-18-12-16-48(85)61(99)82-44(59(97)83-50(34(7)86)52(66)90)21-36-25-72-41-14-10-9-13-39(36)41/h9-10,13-14,25-35,40,42-48,50-51,72,86-87H,11-12,15-24,65H2,1-8H3,(H2,66,90)(H,69,73)(H,70,74)(H,75,94)(H,76,100)(H,77,95)(H,78,92)(H,79,91)(H,80,93)(H,81,96)(H,82,99)(H,83,97)(H,84,98)(H,88,89)(H4,67,68,71)/t32-,33-,34+,35+,40-,42-,43-,44-,45-,46-,47-,48-,50-,51-/m0/s1. The molecule has 1 fully saturated rings. The first-order chi connectivity index (χ1) is 47.6. The SMILES string of the molecule is CC(C)C[C@H](NC(=O)[C@@H](N)CC(C)C)C(=O)N[C@@H](C)C(=O)N[C@@H](CC(=O)O)C(=O)N[C@H](C(=O)N[C@@H](C)C(=O)N[C@@H](Cc1cnc[nH]1)C(=O)N[C@@H](Cc1cnc[nH]1)C(=O)N[C@@H](CCCN=C(N)N)C(=O)N1CCC[C@H]1C(=O)N[C@@H](Cc1c[nH]c2ccccc12)C(=O)N[C@H](C(N)=O)[C@@H](C)O)[C@@H](C)O. The zero-order chi connectivity index (χ0) is 74.9. The molecule has 14 atom stereocenters. The normalized spacial score (nSPS) is 16.7. The van der Waals surface area contributed by atoms with E-state index in [2.05, 4.69) is 83.1 Å². The van der Waals surface area contributed by atoms with E-state index in [0.717, 1.165) is 17.8 Å². The second kappa shape index (κ2) is 38.7. The first kappa shape index (κ1) is 81.1. The van der Waals surface area contributed by atoms with Crippen LogP contribution in [0.4, 0.5) is 0 Å². The summed E-state index contributed by atoms with van der Waals surface area (Å²) in [5, 5.41) is 56.5. The number of carbonyl (C=O) groups is 13. The number of carbonyl (C=O) groups excluding carboxylic acids is 12. The highest BCUT2D eigenvalue weighted by Gasteiger charge is 2.42. The van der Waals surface area contributed by atoms with E-state index in [0.29, 0.717) is 29.8 Å². The van der Waals surface area contributed by atoms with Crippen LogP contribution >= 0.6 is 0 Å². The second-order valence-electron chi connectivity index (χ2n) is 25.9. The summed E-state index contributed by atoms with van der Waals surface area (Å²) in [6.07, 6.45) is 2.87. The van der Waals surface area contributed by atoms with Crippen LogP contribution in [0.15, 0.2) is 60.5 Å². The van der Waals surface area contributed by atoms with Gasteiger partial charge in [0.2, 0.25) is 70.9 Å². The number of imidazole rings is 2. The van der Waals surface area contributed by atoms with Gasteiger partial charge in [0.25, 0.3) is 0 Å². The fourth-order valence-corrected chi connectivity index (χ4v) is 11.1. The van der Waals surface area contributed by atoms with Gasteiger partial charge in [0.05, 0.1) is 37.3 Å². The monoisotopic (exact) mass is 1420 g/mol. The van der Waals surface area contributed by atoms with E-state index in [1.54, 1.807) is 44.3 Å². The molecule has 1 aliphatic heterocycles. The quantitative estimate of drug-likeness (QED) is 0.0112. The summed E-state index contributed by atoms with van der Waals surface area (Å²) in [6, 6.07) is -10.4. The molecule has 0 radical (unpaired) electrons. The zero-order valence-electron chi connectivity index (χ0n) is 57.7. The first-order valence-corrected chi connectivity index (χ1v) is 33.2. The number of aromatic amines is 3. The maximum Gasteiger partial charge on any atom is 0.305 e. The number of aliphatic carboxylic acids is 1. The molecule has 0 aliphatic carbocycles. The lowest BCUT2D eigenvalue weighted by Crippen LogP contribution is -2.62. The summed E-state index contributed by atoms with van der Waals surface area (Å²) in [6.45, 7) is 12.1. The maximum atomic E-state index is 14.9. The van der Waals surface area contributed by atoms with Crippen molar-refractivity contribution in [1.29, 1.82) is 0 Å². The Labute approximate surface area is 582 Å². The molecule has 0 spiro atoms. The van der Waals surface area contributed by atoms with Gasteiger partial charge in [0, 0.05) is 73.2 Å². The third-order valence-corrected chi connectivity index (χ3v) is 16.4. The fourth-order valence-electron chi connectivity index (χ4n) is 11.1. The van der Waals surface area contributed by atoms with Crippen LogP contribution in [0.5, 0.6) is 0 Å². The molecular weight excluding hydrogens is 1320 g/mol. The van der Waals surface area contributed by atoms with E-state index >= 15 is 0 Å². The molecule has 554 valence electrons. The van der Waals surface area contributed by atoms with Crippen molar-refractivity contribution in [3.63, 3.8) is 0 Å². The molecule has 1 aromatic carbocycles. The summed E-state index contributed by atoms with van der Waals surface area (Å²) in [5.74, 6) is -13.2. The Kier molecular flexibility index (Phi) is 31.1. The van der Waals surface area contributed by atoms with E-state index in [9.17, 15) is 77.6 Å². The number of fused-ring (bicyclic) bond motifs is 1. The topological polar surface area (TPSA) is 596 Å². The number of H-pyrrole nitrogens is 3.